The highest BCUT2D eigenvalue weighted by Gasteiger charge is 2.38. The molecule has 0 aromatic heterocycles. The number of carbonyl (C=O) groups excluding carboxylic acids is 4. The second kappa shape index (κ2) is 12.2. The Kier molecular flexibility index (Phi) is 7.89. The van der Waals surface area contributed by atoms with E-state index in [0.717, 1.165) is 38.5 Å². The minimum Gasteiger partial charge on any atom is -0.274 e. The van der Waals surface area contributed by atoms with E-state index in [1.54, 1.807) is 24.3 Å². The summed E-state index contributed by atoms with van der Waals surface area (Å²) in [4.78, 5) is 52.8. The molecule has 0 saturated heterocycles. The number of imide groups is 2. The summed E-state index contributed by atoms with van der Waals surface area (Å²) < 4.78 is 0. The van der Waals surface area contributed by atoms with Gasteiger partial charge in [0.05, 0.1) is 22.3 Å². The molecule has 6 nitrogen and oxygen atoms in total. The van der Waals surface area contributed by atoms with E-state index in [0.29, 0.717) is 47.2 Å². The molecule has 2 atom stereocenters. The largest absolute Gasteiger partial charge is 0.274 e. The molecule has 0 spiro atoms. The smallest absolute Gasteiger partial charge is 0.261 e. The highest BCUT2D eigenvalue weighted by Crippen LogP contribution is 2.31. The third-order valence-corrected chi connectivity index (χ3v) is 10.0. The maximum absolute atomic E-state index is 12.5. The number of amides is 4. The molecular weight excluding hydrogens is 572 g/mol. The molecule has 0 fully saturated rings. The monoisotopic (exact) mass is 610 g/mol. The number of aryl methyl sites for hydroxylation is 4. The molecule has 0 N–H and O–H groups in total. The van der Waals surface area contributed by atoms with Gasteiger partial charge in [-0.1, -0.05) is 71.8 Å². The van der Waals surface area contributed by atoms with Crippen LogP contribution in [0.15, 0.2) is 84.9 Å². The molecule has 4 amide bonds. The Morgan fingerprint density at radius 1 is 0.500 bits per heavy atom. The second-order valence-corrected chi connectivity index (χ2v) is 13.3. The Hall–Kier alpha value is -4.84. The van der Waals surface area contributed by atoms with Crippen LogP contribution in [0, 0.1) is 25.7 Å². The Balaban J connectivity index is 0.000000147. The van der Waals surface area contributed by atoms with Crippen molar-refractivity contribution in [3.8, 4) is 0 Å². The van der Waals surface area contributed by atoms with Crippen LogP contribution in [0.5, 0.6) is 0 Å². The quantitative estimate of drug-likeness (QED) is 0.239. The lowest BCUT2D eigenvalue weighted by Gasteiger charge is -2.28. The van der Waals surface area contributed by atoms with Gasteiger partial charge in [-0.25, -0.2) is 0 Å². The van der Waals surface area contributed by atoms with Crippen LogP contribution in [0.1, 0.15) is 87.7 Å². The van der Waals surface area contributed by atoms with Gasteiger partial charge in [0.1, 0.15) is 0 Å². The van der Waals surface area contributed by atoms with E-state index in [2.05, 4.69) is 50.2 Å². The highest BCUT2D eigenvalue weighted by atomic mass is 16.2. The van der Waals surface area contributed by atoms with Crippen molar-refractivity contribution in [3.63, 3.8) is 0 Å². The van der Waals surface area contributed by atoms with E-state index in [9.17, 15) is 19.2 Å². The van der Waals surface area contributed by atoms with Crippen molar-refractivity contribution in [3.05, 3.63) is 141 Å². The van der Waals surface area contributed by atoms with E-state index in [-0.39, 0.29) is 23.6 Å². The fourth-order valence-electron chi connectivity index (χ4n) is 7.56. The normalized spacial score (nSPS) is 19.7. The number of rotatable bonds is 4. The standard InChI is InChI=1S/2C20H19NO2/c2*1-13-6-8-16-11-14(7-9-15(16)10-13)12-21-19(22)17-4-2-3-5-18(17)20(21)23/h2*2-6,8,10,14H,7,9,11-12H2,1H3/t2*14-/m10/s1. The Labute approximate surface area is 270 Å². The number of benzene rings is 4. The van der Waals surface area contributed by atoms with Gasteiger partial charge in [0.25, 0.3) is 23.6 Å². The first kappa shape index (κ1) is 29.8. The van der Waals surface area contributed by atoms with Crippen molar-refractivity contribution in [1.82, 2.24) is 9.80 Å². The highest BCUT2D eigenvalue weighted by molar-refractivity contribution is 6.22. The molecule has 2 heterocycles. The molecule has 0 radical (unpaired) electrons. The third kappa shape index (κ3) is 5.57. The van der Waals surface area contributed by atoms with Crippen LogP contribution in [0.3, 0.4) is 0 Å². The molecule has 2 aliphatic heterocycles. The number of nitrogens with zero attached hydrogens (tertiary/aromatic N) is 2. The van der Waals surface area contributed by atoms with E-state index < -0.39 is 0 Å². The molecule has 0 saturated carbocycles. The van der Waals surface area contributed by atoms with Gasteiger partial charge in [-0.3, -0.25) is 29.0 Å². The van der Waals surface area contributed by atoms with Gasteiger partial charge in [-0.15, -0.1) is 0 Å². The molecule has 6 heteroatoms. The SMILES string of the molecule is Cc1ccc2c(c1)CC[C@@H](CN1C(=O)c3ccccc3C1=O)C2.Cc1ccc2c(c1)CC[C@H](CN1C(=O)c3ccccc3C1=O)C2. The minimum absolute atomic E-state index is 0.139. The maximum atomic E-state index is 12.5. The molecule has 232 valence electrons. The van der Waals surface area contributed by atoms with Crippen molar-refractivity contribution < 1.29 is 19.2 Å². The van der Waals surface area contributed by atoms with Gasteiger partial charge in [0.2, 0.25) is 0 Å². The van der Waals surface area contributed by atoms with Gasteiger partial charge in [0, 0.05) is 13.1 Å². The maximum Gasteiger partial charge on any atom is 0.261 e. The Morgan fingerprint density at radius 2 is 0.848 bits per heavy atom. The summed E-state index contributed by atoms with van der Waals surface area (Å²) in [6.45, 7) is 5.29. The lowest BCUT2D eigenvalue weighted by atomic mass is 9.83. The average Bonchev–Trinajstić information content (AvgIpc) is 3.45. The Morgan fingerprint density at radius 3 is 1.20 bits per heavy atom. The average molecular weight is 611 g/mol. The first-order valence-electron chi connectivity index (χ1n) is 16.3. The molecule has 0 unspecified atom stereocenters. The minimum atomic E-state index is -0.139. The number of fused-ring (bicyclic) bond motifs is 4. The van der Waals surface area contributed by atoms with E-state index >= 15 is 0 Å². The first-order valence-corrected chi connectivity index (χ1v) is 16.3. The summed E-state index contributed by atoms with van der Waals surface area (Å²) in [5.41, 5.74) is 10.3. The van der Waals surface area contributed by atoms with Crippen molar-refractivity contribution in [2.75, 3.05) is 13.1 Å². The fourth-order valence-corrected chi connectivity index (χ4v) is 7.56. The zero-order valence-corrected chi connectivity index (χ0v) is 26.4. The fraction of sp³-hybridized carbons (Fsp3) is 0.300. The zero-order chi connectivity index (χ0) is 31.9. The van der Waals surface area contributed by atoms with Crippen molar-refractivity contribution in [2.45, 2.75) is 52.4 Å². The van der Waals surface area contributed by atoms with Gasteiger partial charge in [0.15, 0.2) is 0 Å². The van der Waals surface area contributed by atoms with Crippen LogP contribution in [0.4, 0.5) is 0 Å². The zero-order valence-electron chi connectivity index (χ0n) is 26.4. The molecule has 8 rings (SSSR count). The molecule has 0 bridgehead atoms. The van der Waals surface area contributed by atoms with Gasteiger partial charge in [-0.2, -0.15) is 0 Å². The Bertz CT molecular complexity index is 1690. The lowest BCUT2D eigenvalue weighted by molar-refractivity contribution is 0.0609. The van der Waals surface area contributed by atoms with E-state index in [1.165, 1.54) is 43.2 Å². The van der Waals surface area contributed by atoms with Crippen molar-refractivity contribution >= 4 is 23.6 Å². The third-order valence-electron chi connectivity index (χ3n) is 10.0. The van der Waals surface area contributed by atoms with Crippen LogP contribution >= 0.6 is 0 Å². The molecular formula is C40H38N2O4. The van der Waals surface area contributed by atoms with Crippen LogP contribution in [0.25, 0.3) is 0 Å². The van der Waals surface area contributed by atoms with Gasteiger partial charge in [-0.05, 0) is 111 Å². The molecule has 4 aromatic rings. The summed E-state index contributed by atoms with van der Waals surface area (Å²) >= 11 is 0. The van der Waals surface area contributed by atoms with Crippen molar-refractivity contribution in [1.29, 1.82) is 0 Å². The number of hydrogen-bond donors (Lipinski definition) is 0. The van der Waals surface area contributed by atoms with Crippen LogP contribution in [-0.2, 0) is 25.7 Å². The molecule has 4 aliphatic rings. The predicted octanol–water partition coefficient (Wildman–Crippen LogP) is 6.79. The first-order chi connectivity index (χ1) is 22.3. The van der Waals surface area contributed by atoms with Crippen LogP contribution in [0.2, 0.25) is 0 Å². The topological polar surface area (TPSA) is 74.8 Å². The number of carbonyl (C=O) groups is 4. The van der Waals surface area contributed by atoms with E-state index in [4.69, 9.17) is 0 Å². The van der Waals surface area contributed by atoms with Crippen LogP contribution in [-0.4, -0.2) is 46.5 Å². The van der Waals surface area contributed by atoms with E-state index in [1.807, 2.05) is 24.3 Å². The second-order valence-electron chi connectivity index (χ2n) is 13.3. The summed E-state index contributed by atoms with van der Waals surface area (Å²) in [5, 5.41) is 0. The van der Waals surface area contributed by atoms with Gasteiger partial charge >= 0.3 is 0 Å². The number of hydrogen-bond acceptors (Lipinski definition) is 4. The van der Waals surface area contributed by atoms with Crippen molar-refractivity contribution in [2.24, 2.45) is 11.8 Å². The molecule has 4 aromatic carbocycles. The summed E-state index contributed by atoms with van der Waals surface area (Å²) in [7, 11) is 0. The summed E-state index contributed by atoms with van der Waals surface area (Å²) in [5.74, 6) is 0.154. The van der Waals surface area contributed by atoms with Crippen LogP contribution < -0.4 is 0 Å². The molecule has 46 heavy (non-hydrogen) atoms. The molecule has 2 aliphatic carbocycles. The lowest BCUT2D eigenvalue weighted by Crippen LogP contribution is -2.36. The predicted molar refractivity (Wildman–Crippen MR) is 177 cm³/mol. The summed E-state index contributed by atoms with van der Waals surface area (Å²) in [6.07, 6.45) is 6.02. The van der Waals surface area contributed by atoms with Gasteiger partial charge < -0.3 is 0 Å². The summed E-state index contributed by atoms with van der Waals surface area (Å²) in [6, 6.07) is 27.4.